The minimum absolute atomic E-state index is 0.201. The van der Waals surface area contributed by atoms with Gasteiger partial charge in [-0.1, -0.05) is 0 Å². The van der Waals surface area contributed by atoms with Crippen molar-refractivity contribution in [1.29, 1.82) is 0 Å². The molecule has 0 aliphatic carbocycles. The van der Waals surface area contributed by atoms with Crippen molar-refractivity contribution in [2.45, 2.75) is 13.0 Å². The number of cyclic esters (lactones) is 1. The number of ether oxygens (including phenoxy) is 1. The molecule has 0 bridgehead atoms. The van der Waals surface area contributed by atoms with Crippen LogP contribution in [-0.4, -0.2) is 63.7 Å². The van der Waals surface area contributed by atoms with Crippen molar-refractivity contribution in [2.24, 2.45) is 0 Å². The van der Waals surface area contributed by atoms with E-state index in [0.717, 1.165) is 25.1 Å². The van der Waals surface area contributed by atoms with Gasteiger partial charge in [0.2, 0.25) is 5.91 Å². The van der Waals surface area contributed by atoms with Crippen LogP contribution < -0.4 is 20.0 Å². The SMILES string of the molecule is CC(=O)NC[C@H]1CN(c2ccc(N3CCN(c4ccc(C=O)cc4)CC3)c(F)c2)C(=O)O1. The number of rotatable bonds is 6. The van der Waals surface area contributed by atoms with E-state index >= 15 is 0 Å². The molecule has 0 unspecified atom stereocenters. The quantitative estimate of drug-likeness (QED) is 0.695. The van der Waals surface area contributed by atoms with E-state index in [1.54, 1.807) is 24.3 Å². The van der Waals surface area contributed by atoms with Crippen LogP contribution in [0.15, 0.2) is 42.5 Å². The number of carbonyl (C=O) groups is 3. The Morgan fingerprint density at radius 1 is 1.09 bits per heavy atom. The second kappa shape index (κ2) is 9.25. The topological polar surface area (TPSA) is 82.2 Å². The van der Waals surface area contributed by atoms with Crippen LogP contribution in [-0.2, 0) is 9.53 Å². The maximum Gasteiger partial charge on any atom is 0.414 e. The molecular formula is C23H25FN4O4. The van der Waals surface area contributed by atoms with Gasteiger partial charge in [-0.05, 0) is 42.5 Å². The summed E-state index contributed by atoms with van der Waals surface area (Å²) in [5.41, 5.74) is 2.59. The summed E-state index contributed by atoms with van der Waals surface area (Å²) in [6.07, 6.45) is -0.205. The molecule has 0 radical (unpaired) electrons. The molecule has 8 nitrogen and oxygen atoms in total. The Morgan fingerprint density at radius 2 is 1.75 bits per heavy atom. The Kier molecular flexibility index (Phi) is 6.25. The van der Waals surface area contributed by atoms with Crippen molar-refractivity contribution in [2.75, 3.05) is 54.0 Å². The van der Waals surface area contributed by atoms with Crippen LogP contribution in [0.1, 0.15) is 17.3 Å². The van der Waals surface area contributed by atoms with Gasteiger partial charge in [-0.3, -0.25) is 14.5 Å². The van der Waals surface area contributed by atoms with Gasteiger partial charge in [0.1, 0.15) is 18.2 Å². The number of halogens is 1. The van der Waals surface area contributed by atoms with Crippen LogP contribution in [0.3, 0.4) is 0 Å². The molecule has 2 fully saturated rings. The van der Waals surface area contributed by atoms with E-state index in [1.807, 2.05) is 17.0 Å². The predicted molar refractivity (Wildman–Crippen MR) is 119 cm³/mol. The molecule has 0 spiro atoms. The van der Waals surface area contributed by atoms with Gasteiger partial charge in [0.25, 0.3) is 0 Å². The van der Waals surface area contributed by atoms with E-state index in [0.29, 0.717) is 30.0 Å². The monoisotopic (exact) mass is 440 g/mol. The van der Waals surface area contributed by atoms with Gasteiger partial charge < -0.3 is 19.9 Å². The number of piperazine rings is 1. The van der Waals surface area contributed by atoms with Gasteiger partial charge in [-0.25, -0.2) is 9.18 Å². The highest BCUT2D eigenvalue weighted by Crippen LogP contribution is 2.29. The fraction of sp³-hybridized carbons (Fsp3) is 0.348. The van der Waals surface area contributed by atoms with Gasteiger partial charge in [0.15, 0.2) is 0 Å². The third kappa shape index (κ3) is 4.66. The number of nitrogens with zero attached hydrogens (tertiary/aromatic N) is 3. The van der Waals surface area contributed by atoms with E-state index in [4.69, 9.17) is 4.74 Å². The minimum Gasteiger partial charge on any atom is -0.442 e. The van der Waals surface area contributed by atoms with Crippen LogP contribution >= 0.6 is 0 Å². The number of benzene rings is 2. The molecule has 2 aromatic rings. The third-order valence-corrected chi connectivity index (χ3v) is 5.71. The molecule has 9 heteroatoms. The lowest BCUT2D eigenvalue weighted by Gasteiger charge is -2.37. The van der Waals surface area contributed by atoms with Crippen molar-refractivity contribution < 1.29 is 23.5 Å². The number of hydrogen-bond donors (Lipinski definition) is 1. The summed E-state index contributed by atoms with van der Waals surface area (Å²) in [5, 5.41) is 2.62. The summed E-state index contributed by atoms with van der Waals surface area (Å²) in [7, 11) is 0. The summed E-state index contributed by atoms with van der Waals surface area (Å²) in [6, 6.07) is 12.2. The maximum atomic E-state index is 14.9. The van der Waals surface area contributed by atoms with Crippen molar-refractivity contribution in [1.82, 2.24) is 5.32 Å². The van der Waals surface area contributed by atoms with Crippen LogP contribution in [0, 0.1) is 5.82 Å². The minimum atomic E-state index is -0.554. The molecule has 2 aromatic carbocycles. The van der Waals surface area contributed by atoms with Crippen molar-refractivity contribution in [3.8, 4) is 0 Å². The summed E-state index contributed by atoms with van der Waals surface area (Å²) in [5.74, 6) is -0.600. The Bertz CT molecular complexity index is 1010. The highest BCUT2D eigenvalue weighted by atomic mass is 19.1. The highest BCUT2D eigenvalue weighted by molar-refractivity contribution is 5.90. The molecule has 1 N–H and O–H groups in total. The fourth-order valence-electron chi connectivity index (χ4n) is 3.99. The number of hydrogen-bond acceptors (Lipinski definition) is 6. The largest absolute Gasteiger partial charge is 0.442 e. The first-order valence-electron chi connectivity index (χ1n) is 10.5. The number of carbonyl (C=O) groups excluding carboxylic acids is 3. The number of nitrogens with one attached hydrogen (secondary N) is 1. The Morgan fingerprint density at radius 3 is 2.38 bits per heavy atom. The predicted octanol–water partition coefficient (Wildman–Crippen LogP) is 2.43. The fourth-order valence-corrected chi connectivity index (χ4v) is 3.99. The first-order valence-corrected chi connectivity index (χ1v) is 10.5. The average molecular weight is 440 g/mol. The van der Waals surface area contributed by atoms with E-state index < -0.39 is 18.0 Å². The Balaban J connectivity index is 1.38. The van der Waals surface area contributed by atoms with Gasteiger partial charge in [0, 0.05) is 44.4 Å². The Labute approximate surface area is 185 Å². The lowest BCUT2D eigenvalue weighted by molar-refractivity contribution is -0.119. The van der Waals surface area contributed by atoms with Crippen molar-refractivity contribution in [3.63, 3.8) is 0 Å². The molecule has 168 valence electrons. The van der Waals surface area contributed by atoms with Crippen molar-refractivity contribution >= 4 is 35.3 Å². The molecule has 2 amide bonds. The number of amides is 2. The molecule has 0 saturated carbocycles. The smallest absolute Gasteiger partial charge is 0.414 e. The van der Waals surface area contributed by atoms with Crippen molar-refractivity contribution in [3.05, 3.63) is 53.8 Å². The molecule has 32 heavy (non-hydrogen) atoms. The summed E-state index contributed by atoms with van der Waals surface area (Å²) in [4.78, 5) is 39.6. The molecule has 4 rings (SSSR count). The Hall–Kier alpha value is -3.62. The zero-order valence-corrected chi connectivity index (χ0v) is 17.8. The summed E-state index contributed by atoms with van der Waals surface area (Å²) >= 11 is 0. The third-order valence-electron chi connectivity index (χ3n) is 5.71. The zero-order valence-electron chi connectivity index (χ0n) is 17.8. The van der Waals surface area contributed by atoms with E-state index in [2.05, 4.69) is 10.2 Å². The van der Waals surface area contributed by atoms with E-state index in [9.17, 15) is 18.8 Å². The van der Waals surface area contributed by atoms with E-state index in [1.165, 1.54) is 17.9 Å². The molecule has 2 aliphatic rings. The standard InChI is InChI=1S/C23H25FN4O4/c1-16(30)25-13-20-14-28(23(31)32-20)19-6-7-22(21(24)12-19)27-10-8-26(9-11-27)18-4-2-17(15-29)3-5-18/h2-7,12,15,20H,8-11,13-14H2,1H3,(H,25,30)/t20-/m0/s1. The maximum absolute atomic E-state index is 14.9. The zero-order chi connectivity index (χ0) is 22.7. The van der Waals surface area contributed by atoms with Gasteiger partial charge in [0.05, 0.1) is 24.5 Å². The molecule has 2 heterocycles. The van der Waals surface area contributed by atoms with Crippen LogP contribution in [0.2, 0.25) is 0 Å². The van der Waals surface area contributed by atoms with Gasteiger partial charge in [-0.2, -0.15) is 0 Å². The van der Waals surface area contributed by atoms with Gasteiger partial charge in [-0.15, -0.1) is 0 Å². The lowest BCUT2D eigenvalue weighted by Crippen LogP contribution is -2.46. The van der Waals surface area contributed by atoms with E-state index in [-0.39, 0.29) is 19.0 Å². The number of anilines is 3. The molecule has 0 aromatic heterocycles. The number of aldehydes is 1. The van der Waals surface area contributed by atoms with Crippen LogP contribution in [0.4, 0.5) is 26.2 Å². The first-order chi connectivity index (χ1) is 15.4. The molecule has 1 atom stereocenters. The molecule has 2 saturated heterocycles. The van der Waals surface area contributed by atoms with Crippen LogP contribution in [0.25, 0.3) is 0 Å². The van der Waals surface area contributed by atoms with Gasteiger partial charge >= 0.3 is 6.09 Å². The second-order valence-electron chi connectivity index (χ2n) is 7.87. The highest BCUT2D eigenvalue weighted by Gasteiger charge is 2.33. The molecular weight excluding hydrogens is 415 g/mol. The summed E-state index contributed by atoms with van der Waals surface area (Å²) < 4.78 is 20.2. The average Bonchev–Trinajstić information content (AvgIpc) is 3.18. The first kappa shape index (κ1) is 21.6. The summed E-state index contributed by atoms with van der Waals surface area (Å²) in [6.45, 7) is 4.62. The molecule has 2 aliphatic heterocycles. The second-order valence-corrected chi connectivity index (χ2v) is 7.87. The lowest BCUT2D eigenvalue weighted by atomic mass is 10.1. The normalized spacial score (nSPS) is 18.5. The van der Waals surface area contributed by atoms with Crippen LogP contribution in [0.5, 0.6) is 0 Å².